The number of ether oxygens (including phenoxy) is 1. The number of amides is 1. The zero-order valence-electron chi connectivity index (χ0n) is 21.7. The van der Waals surface area contributed by atoms with E-state index in [4.69, 9.17) is 9.72 Å². The van der Waals surface area contributed by atoms with E-state index < -0.39 is 11.7 Å². The zero-order chi connectivity index (χ0) is 26.2. The van der Waals surface area contributed by atoms with E-state index in [-0.39, 0.29) is 0 Å². The third-order valence-corrected chi connectivity index (χ3v) is 6.67. The average Bonchev–Trinajstić information content (AvgIpc) is 3.50. The molecule has 0 unspecified atom stereocenters. The Balaban J connectivity index is 1.36. The second-order valence-electron chi connectivity index (χ2n) is 10.7. The van der Waals surface area contributed by atoms with Crippen LogP contribution in [-0.2, 0) is 11.2 Å². The average molecular weight is 501 g/mol. The lowest BCUT2D eigenvalue weighted by Crippen LogP contribution is -2.36. The lowest BCUT2D eigenvalue weighted by molar-refractivity contribution is 0.0584. The van der Waals surface area contributed by atoms with Crippen LogP contribution in [0.15, 0.2) is 36.8 Å². The summed E-state index contributed by atoms with van der Waals surface area (Å²) in [6, 6.07) is 8.23. The molecule has 2 aliphatic heterocycles. The first kappa shape index (κ1) is 24.7. The SMILES string of the molecule is CN1CCC(n2cc(Nc3nccc(-c4cc(C#N)c5c(c4)CCN5C(=O)OC(C)(C)C)n3)cn2)CC1. The molecule has 1 N–H and O–H groups in total. The van der Waals surface area contributed by atoms with Crippen LogP contribution in [0.4, 0.5) is 22.1 Å². The van der Waals surface area contributed by atoms with Crippen LogP contribution in [0.2, 0.25) is 0 Å². The number of piperidine rings is 1. The molecule has 0 bridgehead atoms. The van der Waals surface area contributed by atoms with Crippen molar-refractivity contribution in [2.75, 3.05) is 36.9 Å². The van der Waals surface area contributed by atoms with Crippen molar-refractivity contribution >= 4 is 23.4 Å². The number of aromatic nitrogens is 4. The molecule has 0 saturated carbocycles. The van der Waals surface area contributed by atoms with Gasteiger partial charge >= 0.3 is 6.09 Å². The van der Waals surface area contributed by atoms with Gasteiger partial charge in [-0.1, -0.05) is 0 Å². The second kappa shape index (κ2) is 9.82. The monoisotopic (exact) mass is 500 g/mol. The summed E-state index contributed by atoms with van der Waals surface area (Å²) in [6.07, 6.45) is 7.85. The molecule has 4 heterocycles. The summed E-state index contributed by atoms with van der Waals surface area (Å²) in [7, 11) is 2.15. The third-order valence-electron chi connectivity index (χ3n) is 6.67. The highest BCUT2D eigenvalue weighted by molar-refractivity contribution is 5.93. The predicted octanol–water partition coefficient (Wildman–Crippen LogP) is 4.52. The summed E-state index contributed by atoms with van der Waals surface area (Å²) < 4.78 is 7.57. The van der Waals surface area contributed by atoms with Crippen LogP contribution in [0.25, 0.3) is 11.3 Å². The van der Waals surface area contributed by atoms with Crippen LogP contribution in [-0.4, -0.2) is 63.0 Å². The van der Waals surface area contributed by atoms with Gasteiger partial charge in [0, 0.05) is 24.5 Å². The molecule has 1 aromatic carbocycles. The molecule has 5 rings (SSSR count). The smallest absolute Gasteiger partial charge is 0.414 e. The van der Waals surface area contributed by atoms with E-state index in [0.29, 0.717) is 41.9 Å². The van der Waals surface area contributed by atoms with Crippen molar-refractivity contribution in [1.82, 2.24) is 24.6 Å². The van der Waals surface area contributed by atoms with Gasteiger partial charge in [0.2, 0.25) is 5.95 Å². The molecule has 1 saturated heterocycles. The van der Waals surface area contributed by atoms with Crippen molar-refractivity contribution in [3.63, 3.8) is 0 Å². The number of rotatable bonds is 4. The summed E-state index contributed by atoms with van der Waals surface area (Å²) in [4.78, 5) is 25.7. The fourth-order valence-electron chi connectivity index (χ4n) is 4.85. The van der Waals surface area contributed by atoms with Gasteiger partial charge in [0.25, 0.3) is 0 Å². The molecule has 37 heavy (non-hydrogen) atoms. The van der Waals surface area contributed by atoms with Gasteiger partial charge in [0.15, 0.2) is 0 Å². The maximum atomic E-state index is 12.7. The zero-order valence-corrected chi connectivity index (χ0v) is 21.7. The van der Waals surface area contributed by atoms with Crippen molar-refractivity contribution in [3.05, 3.63) is 47.9 Å². The number of anilines is 3. The molecule has 0 radical (unpaired) electrons. The topological polar surface area (TPSA) is 112 Å². The molecule has 1 amide bonds. The molecule has 10 nitrogen and oxygen atoms in total. The maximum absolute atomic E-state index is 12.7. The predicted molar refractivity (Wildman–Crippen MR) is 141 cm³/mol. The van der Waals surface area contributed by atoms with Gasteiger partial charge < -0.3 is 15.0 Å². The van der Waals surface area contributed by atoms with Crippen LogP contribution >= 0.6 is 0 Å². The molecule has 2 aliphatic rings. The van der Waals surface area contributed by atoms with Gasteiger partial charge in [0.05, 0.1) is 34.9 Å². The van der Waals surface area contributed by atoms with Crippen LogP contribution in [0.5, 0.6) is 0 Å². The summed E-state index contributed by atoms with van der Waals surface area (Å²) in [5, 5.41) is 17.7. The highest BCUT2D eigenvalue weighted by atomic mass is 16.6. The largest absolute Gasteiger partial charge is 0.443 e. The van der Waals surface area contributed by atoms with Crippen LogP contribution in [0.1, 0.15) is 50.8 Å². The normalized spacial score (nSPS) is 16.4. The van der Waals surface area contributed by atoms with Crippen molar-refractivity contribution in [1.29, 1.82) is 5.26 Å². The molecular formula is C27H32N8O2. The number of hydrogen-bond donors (Lipinski definition) is 1. The number of nitriles is 1. The lowest BCUT2D eigenvalue weighted by Gasteiger charge is -2.28. The minimum absolute atomic E-state index is 0.398. The van der Waals surface area contributed by atoms with Gasteiger partial charge in [-0.15, -0.1) is 0 Å². The third kappa shape index (κ3) is 5.42. The molecule has 0 aliphatic carbocycles. The van der Waals surface area contributed by atoms with E-state index in [9.17, 15) is 10.1 Å². The van der Waals surface area contributed by atoms with E-state index in [0.717, 1.165) is 42.7 Å². The summed E-state index contributed by atoms with van der Waals surface area (Å²) in [5.41, 5.74) is 3.67. The molecule has 1 fully saturated rings. The summed E-state index contributed by atoms with van der Waals surface area (Å²) in [6.45, 7) is 8.10. The Morgan fingerprint density at radius 1 is 1.22 bits per heavy atom. The molecule has 192 valence electrons. The Hall–Kier alpha value is -3.97. The van der Waals surface area contributed by atoms with Gasteiger partial charge in [-0.3, -0.25) is 9.58 Å². The Kier molecular flexibility index (Phi) is 6.56. The van der Waals surface area contributed by atoms with E-state index >= 15 is 0 Å². The number of fused-ring (bicyclic) bond motifs is 1. The van der Waals surface area contributed by atoms with Crippen molar-refractivity contribution in [2.45, 2.75) is 51.7 Å². The molecule has 3 aromatic rings. The number of carbonyl (C=O) groups excluding carboxylic acids is 1. The minimum Gasteiger partial charge on any atom is -0.443 e. The molecular weight excluding hydrogens is 468 g/mol. The Morgan fingerprint density at radius 3 is 2.73 bits per heavy atom. The fourth-order valence-corrected chi connectivity index (χ4v) is 4.85. The Labute approximate surface area is 216 Å². The van der Waals surface area contributed by atoms with E-state index in [1.807, 2.05) is 43.8 Å². The first-order valence-corrected chi connectivity index (χ1v) is 12.6. The lowest BCUT2D eigenvalue weighted by atomic mass is 10.0. The number of likely N-dealkylation sites (tertiary alicyclic amines) is 1. The number of benzene rings is 1. The Morgan fingerprint density at radius 2 is 2.00 bits per heavy atom. The van der Waals surface area contributed by atoms with Gasteiger partial charge in [0.1, 0.15) is 11.7 Å². The van der Waals surface area contributed by atoms with Crippen LogP contribution in [0, 0.1) is 11.3 Å². The van der Waals surface area contributed by atoms with E-state index in [2.05, 4.69) is 33.4 Å². The Bertz CT molecular complexity index is 1350. The highest BCUT2D eigenvalue weighted by Crippen LogP contribution is 2.36. The minimum atomic E-state index is -0.611. The first-order chi connectivity index (χ1) is 17.7. The van der Waals surface area contributed by atoms with Gasteiger partial charge in [-0.05, 0) is 83.9 Å². The van der Waals surface area contributed by atoms with Gasteiger partial charge in [-0.2, -0.15) is 10.4 Å². The van der Waals surface area contributed by atoms with Gasteiger partial charge in [-0.25, -0.2) is 14.8 Å². The quantitative estimate of drug-likeness (QED) is 0.556. The maximum Gasteiger partial charge on any atom is 0.414 e. The standard InChI is InChI=1S/C27H32N8O2/c1-27(2,3)37-26(36)34-12-6-18-13-19(14-20(15-28)24(18)34)23-5-9-29-25(32-23)31-21-16-30-35(17-21)22-7-10-33(4)11-8-22/h5,9,13-14,16-17,22H,6-8,10-12H2,1-4H3,(H,29,31,32). The molecule has 0 atom stereocenters. The summed E-state index contributed by atoms with van der Waals surface area (Å²) in [5.74, 6) is 0.454. The van der Waals surface area contributed by atoms with Crippen LogP contribution < -0.4 is 10.2 Å². The number of carbonyl (C=O) groups is 1. The van der Waals surface area contributed by atoms with Crippen molar-refractivity contribution in [3.8, 4) is 17.3 Å². The molecule has 2 aromatic heterocycles. The van der Waals surface area contributed by atoms with Crippen molar-refractivity contribution in [2.24, 2.45) is 0 Å². The highest BCUT2D eigenvalue weighted by Gasteiger charge is 2.32. The number of nitrogens with zero attached hydrogens (tertiary/aromatic N) is 7. The molecule has 0 spiro atoms. The summed E-state index contributed by atoms with van der Waals surface area (Å²) >= 11 is 0. The van der Waals surface area contributed by atoms with Crippen molar-refractivity contribution < 1.29 is 9.53 Å². The van der Waals surface area contributed by atoms with Crippen LogP contribution in [0.3, 0.4) is 0 Å². The van der Waals surface area contributed by atoms with E-state index in [1.54, 1.807) is 23.4 Å². The molecule has 10 heteroatoms. The number of nitrogens with one attached hydrogen (secondary N) is 1. The van der Waals surface area contributed by atoms with E-state index in [1.165, 1.54) is 0 Å². The first-order valence-electron chi connectivity index (χ1n) is 12.6. The second-order valence-corrected chi connectivity index (χ2v) is 10.7. The number of hydrogen-bond acceptors (Lipinski definition) is 8. The fraction of sp³-hybridized carbons (Fsp3) is 0.444.